The van der Waals surface area contributed by atoms with Crippen LogP contribution >= 0.6 is 0 Å². The molecule has 80 valence electrons. The Balaban J connectivity index is 0.000000292. The van der Waals surface area contributed by atoms with Gasteiger partial charge in [-0.25, -0.2) is 0 Å². The van der Waals surface area contributed by atoms with E-state index < -0.39 is 10.4 Å². The second kappa shape index (κ2) is 5.58. The fourth-order valence-electron chi connectivity index (χ4n) is 0.856. The first-order valence-corrected chi connectivity index (χ1v) is 5.27. The monoisotopic (exact) mass is 219 g/mol. The lowest BCUT2D eigenvalue weighted by Crippen LogP contribution is -1.90. The van der Waals surface area contributed by atoms with Gasteiger partial charge in [0, 0.05) is 5.69 Å². The Labute approximate surface area is 83.1 Å². The van der Waals surface area contributed by atoms with Gasteiger partial charge in [0.1, 0.15) is 0 Å². The van der Waals surface area contributed by atoms with Gasteiger partial charge in [-0.3, -0.25) is 9.11 Å². The summed E-state index contributed by atoms with van der Waals surface area (Å²) in [5.41, 5.74) is 7.77. The molecule has 0 spiro atoms. The summed E-state index contributed by atoms with van der Waals surface area (Å²) in [6, 6.07) is 7.94. The molecule has 4 N–H and O–H groups in total. The molecule has 1 aromatic rings. The molecule has 0 radical (unpaired) electrons. The zero-order valence-corrected chi connectivity index (χ0v) is 8.53. The summed E-state index contributed by atoms with van der Waals surface area (Å²) in [6.45, 7) is 2.10. The fourth-order valence-corrected chi connectivity index (χ4v) is 0.856. The van der Waals surface area contributed by atoms with Gasteiger partial charge >= 0.3 is 10.4 Å². The highest BCUT2D eigenvalue weighted by Crippen LogP contribution is 2.09. The topological polar surface area (TPSA) is 101 Å². The molecule has 0 heterocycles. The molecule has 0 aliphatic heterocycles. The van der Waals surface area contributed by atoms with Crippen molar-refractivity contribution in [3.05, 3.63) is 29.8 Å². The van der Waals surface area contributed by atoms with E-state index in [1.54, 1.807) is 0 Å². The Morgan fingerprint density at radius 2 is 1.71 bits per heavy atom. The third-order valence-corrected chi connectivity index (χ3v) is 1.44. The lowest BCUT2D eigenvalue weighted by atomic mass is 10.1. The first-order valence-electron chi connectivity index (χ1n) is 3.88. The molecule has 0 fully saturated rings. The third kappa shape index (κ3) is 7.53. The highest BCUT2D eigenvalue weighted by molar-refractivity contribution is 7.79. The maximum Gasteiger partial charge on any atom is 0.394 e. The van der Waals surface area contributed by atoms with Crippen molar-refractivity contribution in [3.8, 4) is 0 Å². The van der Waals surface area contributed by atoms with Crippen molar-refractivity contribution < 1.29 is 17.5 Å². The predicted molar refractivity (Wildman–Crippen MR) is 54.4 cm³/mol. The molecular formula is C8H13NO4S. The molecule has 0 unspecified atom stereocenters. The first kappa shape index (κ1) is 12.9. The van der Waals surface area contributed by atoms with Crippen molar-refractivity contribution in [3.63, 3.8) is 0 Å². The molecule has 0 aliphatic rings. The average Bonchev–Trinajstić information content (AvgIpc) is 2.02. The lowest BCUT2D eigenvalue weighted by Gasteiger charge is -1.98. The number of para-hydroxylation sites is 1. The number of anilines is 1. The van der Waals surface area contributed by atoms with Crippen molar-refractivity contribution in [1.82, 2.24) is 0 Å². The van der Waals surface area contributed by atoms with Gasteiger partial charge in [-0.05, 0) is 18.1 Å². The van der Waals surface area contributed by atoms with Crippen LogP contribution in [-0.2, 0) is 16.8 Å². The summed E-state index contributed by atoms with van der Waals surface area (Å²) in [7, 11) is -4.67. The number of nitrogens with two attached hydrogens (primary N) is 1. The number of benzene rings is 1. The molecule has 0 aliphatic carbocycles. The van der Waals surface area contributed by atoms with Gasteiger partial charge in [-0.2, -0.15) is 8.42 Å². The normalized spacial score (nSPS) is 10.2. The van der Waals surface area contributed by atoms with Crippen LogP contribution in [0.25, 0.3) is 0 Å². The van der Waals surface area contributed by atoms with Gasteiger partial charge in [0.25, 0.3) is 0 Å². The molecule has 0 saturated carbocycles. The second-order valence-electron chi connectivity index (χ2n) is 2.50. The van der Waals surface area contributed by atoms with Crippen LogP contribution in [0.4, 0.5) is 5.69 Å². The van der Waals surface area contributed by atoms with Crippen LogP contribution in [0.2, 0.25) is 0 Å². The van der Waals surface area contributed by atoms with Crippen LogP contribution in [-0.4, -0.2) is 17.5 Å². The maximum atomic E-state index is 8.74. The van der Waals surface area contributed by atoms with E-state index in [0.29, 0.717) is 0 Å². The second-order valence-corrected chi connectivity index (χ2v) is 3.40. The number of nitrogen functional groups attached to an aromatic ring is 1. The van der Waals surface area contributed by atoms with E-state index in [9.17, 15) is 0 Å². The van der Waals surface area contributed by atoms with E-state index in [1.165, 1.54) is 5.56 Å². The van der Waals surface area contributed by atoms with Crippen molar-refractivity contribution in [1.29, 1.82) is 0 Å². The molecule has 5 nitrogen and oxygen atoms in total. The van der Waals surface area contributed by atoms with E-state index >= 15 is 0 Å². The standard InChI is InChI=1S/C8H11N.H2O4S/c1-2-7-5-3-4-6-8(7)9;1-5(2,3)4/h3-6H,2,9H2,1H3;(H2,1,2,3,4). The summed E-state index contributed by atoms with van der Waals surface area (Å²) < 4.78 is 31.6. The Morgan fingerprint density at radius 1 is 1.29 bits per heavy atom. The SMILES string of the molecule is CCc1ccccc1N.O=S(=O)(O)O. The molecule has 1 aromatic carbocycles. The van der Waals surface area contributed by atoms with Crippen molar-refractivity contribution in [2.24, 2.45) is 0 Å². The quantitative estimate of drug-likeness (QED) is 0.486. The average molecular weight is 219 g/mol. The molecule has 1 rings (SSSR count). The highest BCUT2D eigenvalue weighted by atomic mass is 32.3. The molecule has 0 amide bonds. The van der Waals surface area contributed by atoms with Gasteiger partial charge in [0.15, 0.2) is 0 Å². The zero-order chi connectivity index (χ0) is 11.2. The van der Waals surface area contributed by atoms with E-state index in [2.05, 4.69) is 13.0 Å². The molecule has 0 atom stereocenters. The van der Waals surface area contributed by atoms with Gasteiger partial charge in [0.2, 0.25) is 0 Å². The maximum absolute atomic E-state index is 8.74. The number of rotatable bonds is 1. The summed E-state index contributed by atoms with van der Waals surface area (Å²) in [5, 5.41) is 0. The molecule has 0 bridgehead atoms. The van der Waals surface area contributed by atoms with Crippen LogP contribution in [0.5, 0.6) is 0 Å². The van der Waals surface area contributed by atoms with E-state index in [1.807, 2.05) is 18.2 Å². The molecule has 0 aromatic heterocycles. The van der Waals surface area contributed by atoms with Gasteiger partial charge in [-0.1, -0.05) is 25.1 Å². The van der Waals surface area contributed by atoms with Crippen LogP contribution in [0.15, 0.2) is 24.3 Å². The molecule has 6 heteroatoms. The molecular weight excluding hydrogens is 206 g/mol. The minimum atomic E-state index is -4.67. The van der Waals surface area contributed by atoms with Crippen LogP contribution in [0, 0.1) is 0 Å². The number of hydrogen-bond donors (Lipinski definition) is 3. The highest BCUT2D eigenvalue weighted by Gasteiger charge is 1.90. The van der Waals surface area contributed by atoms with E-state index in [0.717, 1.165) is 12.1 Å². The Morgan fingerprint density at radius 3 is 2.00 bits per heavy atom. The van der Waals surface area contributed by atoms with E-state index in [-0.39, 0.29) is 0 Å². The molecule has 14 heavy (non-hydrogen) atoms. The fraction of sp³-hybridized carbons (Fsp3) is 0.250. The largest absolute Gasteiger partial charge is 0.399 e. The van der Waals surface area contributed by atoms with Crippen LogP contribution < -0.4 is 5.73 Å². The minimum absolute atomic E-state index is 0.903. The lowest BCUT2D eigenvalue weighted by molar-refractivity contribution is 0.381. The van der Waals surface area contributed by atoms with Crippen molar-refractivity contribution >= 4 is 16.1 Å². The Kier molecular flexibility index (Phi) is 5.14. The predicted octanol–water partition coefficient (Wildman–Crippen LogP) is 1.18. The summed E-state index contributed by atoms with van der Waals surface area (Å²) in [5.74, 6) is 0. The molecule has 0 saturated heterocycles. The van der Waals surface area contributed by atoms with Crippen molar-refractivity contribution in [2.45, 2.75) is 13.3 Å². The van der Waals surface area contributed by atoms with Crippen LogP contribution in [0.1, 0.15) is 12.5 Å². The first-order chi connectivity index (χ1) is 6.34. The Bertz CT molecular complexity index is 367. The zero-order valence-electron chi connectivity index (χ0n) is 7.71. The summed E-state index contributed by atoms with van der Waals surface area (Å²) >= 11 is 0. The third-order valence-electron chi connectivity index (χ3n) is 1.44. The smallest absolute Gasteiger partial charge is 0.394 e. The number of hydrogen-bond acceptors (Lipinski definition) is 3. The van der Waals surface area contributed by atoms with Gasteiger partial charge < -0.3 is 5.73 Å². The minimum Gasteiger partial charge on any atom is -0.399 e. The van der Waals surface area contributed by atoms with Crippen LogP contribution in [0.3, 0.4) is 0 Å². The summed E-state index contributed by atoms with van der Waals surface area (Å²) in [4.78, 5) is 0. The van der Waals surface area contributed by atoms with Gasteiger partial charge in [-0.15, -0.1) is 0 Å². The van der Waals surface area contributed by atoms with E-state index in [4.69, 9.17) is 23.3 Å². The van der Waals surface area contributed by atoms with Crippen molar-refractivity contribution in [2.75, 3.05) is 5.73 Å². The number of aryl methyl sites for hydroxylation is 1. The summed E-state index contributed by atoms with van der Waals surface area (Å²) in [6.07, 6.45) is 1.02. The Hall–Kier alpha value is -1.11. The van der Waals surface area contributed by atoms with Gasteiger partial charge in [0.05, 0.1) is 0 Å².